The van der Waals surface area contributed by atoms with Gasteiger partial charge in [-0.15, -0.1) is 0 Å². The quantitative estimate of drug-likeness (QED) is 0.911. The van der Waals surface area contributed by atoms with Crippen molar-refractivity contribution in [1.29, 1.82) is 0 Å². The fourth-order valence-corrected chi connectivity index (χ4v) is 3.27. The summed E-state index contributed by atoms with van der Waals surface area (Å²) in [4.78, 5) is 0. The number of nitrogens with zero attached hydrogens (tertiary/aromatic N) is 2. The third-order valence-corrected chi connectivity index (χ3v) is 4.66. The van der Waals surface area contributed by atoms with Gasteiger partial charge in [-0.2, -0.15) is 5.10 Å². The van der Waals surface area contributed by atoms with E-state index in [4.69, 9.17) is 4.74 Å². The number of aliphatic hydroxyl groups is 1. The molecule has 1 aromatic rings. The van der Waals surface area contributed by atoms with Gasteiger partial charge in [-0.25, -0.2) is 0 Å². The van der Waals surface area contributed by atoms with Gasteiger partial charge in [0.2, 0.25) is 0 Å². The first-order valence-electron chi connectivity index (χ1n) is 7.28. The van der Waals surface area contributed by atoms with Gasteiger partial charge in [-0.1, -0.05) is 13.8 Å². The van der Waals surface area contributed by atoms with Crippen molar-refractivity contribution in [3.63, 3.8) is 0 Å². The van der Waals surface area contributed by atoms with E-state index >= 15 is 0 Å². The van der Waals surface area contributed by atoms with Crippen molar-refractivity contribution >= 4 is 0 Å². The Balaban J connectivity index is 2.05. The highest BCUT2D eigenvalue weighted by Crippen LogP contribution is 2.41. The summed E-state index contributed by atoms with van der Waals surface area (Å²) in [7, 11) is 3.49. The van der Waals surface area contributed by atoms with Crippen molar-refractivity contribution in [2.45, 2.75) is 45.6 Å². The topological polar surface area (TPSA) is 47.3 Å². The first-order chi connectivity index (χ1) is 9.04. The van der Waals surface area contributed by atoms with E-state index in [9.17, 15) is 5.11 Å². The molecule has 1 heterocycles. The Labute approximate surface area is 115 Å². The molecule has 0 saturated heterocycles. The lowest BCUT2D eigenvalue weighted by molar-refractivity contribution is 0.0589. The van der Waals surface area contributed by atoms with Crippen molar-refractivity contribution in [3.05, 3.63) is 11.9 Å². The fraction of sp³-hybridized carbons (Fsp3) is 0.800. The molecule has 2 rings (SSSR count). The van der Waals surface area contributed by atoms with E-state index < -0.39 is 6.10 Å². The van der Waals surface area contributed by atoms with Gasteiger partial charge in [0.1, 0.15) is 11.8 Å². The Morgan fingerprint density at radius 2 is 1.84 bits per heavy atom. The van der Waals surface area contributed by atoms with Crippen LogP contribution in [0.4, 0.5) is 0 Å². The highest BCUT2D eigenvalue weighted by molar-refractivity contribution is 5.27. The van der Waals surface area contributed by atoms with Gasteiger partial charge in [0.05, 0.1) is 13.3 Å². The van der Waals surface area contributed by atoms with Gasteiger partial charge in [0.15, 0.2) is 5.75 Å². The van der Waals surface area contributed by atoms with Crippen LogP contribution in [0.2, 0.25) is 0 Å². The summed E-state index contributed by atoms with van der Waals surface area (Å²) in [6.07, 6.45) is 5.85. The predicted molar refractivity (Wildman–Crippen MR) is 75.0 cm³/mol. The van der Waals surface area contributed by atoms with E-state index in [0.29, 0.717) is 11.7 Å². The molecule has 1 N–H and O–H groups in total. The molecule has 1 saturated carbocycles. The van der Waals surface area contributed by atoms with Crippen molar-refractivity contribution < 1.29 is 9.84 Å². The van der Waals surface area contributed by atoms with Crippen molar-refractivity contribution in [1.82, 2.24) is 9.78 Å². The molecule has 0 aliphatic heterocycles. The van der Waals surface area contributed by atoms with Crippen molar-refractivity contribution in [2.24, 2.45) is 24.8 Å². The maximum Gasteiger partial charge on any atom is 0.162 e. The third kappa shape index (κ3) is 2.94. The first-order valence-corrected chi connectivity index (χ1v) is 7.28. The van der Waals surface area contributed by atoms with Gasteiger partial charge in [0, 0.05) is 7.05 Å². The maximum absolute atomic E-state index is 10.6. The molecule has 0 amide bonds. The van der Waals surface area contributed by atoms with E-state index in [1.807, 2.05) is 7.05 Å². The predicted octanol–water partition coefficient (Wildman–Crippen LogP) is 2.92. The van der Waals surface area contributed by atoms with E-state index in [-0.39, 0.29) is 0 Å². The van der Waals surface area contributed by atoms with Crippen LogP contribution < -0.4 is 4.74 Å². The molecule has 0 spiro atoms. The second-order valence-electron chi connectivity index (χ2n) is 6.09. The van der Waals surface area contributed by atoms with Crippen molar-refractivity contribution in [3.8, 4) is 5.75 Å². The van der Waals surface area contributed by atoms with Gasteiger partial charge < -0.3 is 9.84 Å². The minimum absolute atomic E-state index is 0.333. The number of hydrogen-bond acceptors (Lipinski definition) is 3. The molecular formula is C15H26N2O2. The molecule has 1 fully saturated rings. The second-order valence-corrected chi connectivity index (χ2v) is 6.09. The van der Waals surface area contributed by atoms with E-state index in [1.165, 1.54) is 12.8 Å². The molecule has 1 unspecified atom stereocenters. The SMILES string of the molecule is COc1cnn(C)c1C(O)C1CCC(C(C)C)CC1. The molecule has 1 aromatic heterocycles. The zero-order valence-electron chi connectivity index (χ0n) is 12.5. The summed E-state index contributed by atoms with van der Waals surface area (Å²) in [6.45, 7) is 4.59. The summed E-state index contributed by atoms with van der Waals surface area (Å²) in [5.41, 5.74) is 0.815. The molecule has 19 heavy (non-hydrogen) atoms. The lowest BCUT2D eigenvalue weighted by atomic mass is 9.74. The molecule has 1 atom stereocenters. The second kappa shape index (κ2) is 5.95. The zero-order chi connectivity index (χ0) is 14.0. The summed E-state index contributed by atoms with van der Waals surface area (Å²) in [5.74, 6) is 2.60. The Morgan fingerprint density at radius 1 is 1.26 bits per heavy atom. The minimum Gasteiger partial charge on any atom is -0.493 e. The number of aliphatic hydroxyl groups excluding tert-OH is 1. The molecule has 0 bridgehead atoms. The summed E-state index contributed by atoms with van der Waals surface area (Å²) >= 11 is 0. The average Bonchev–Trinajstić information content (AvgIpc) is 2.79. The lowest BCUT2D eigenvalue weighted by Gasteiger charge is -2.33. The van der Waals surface area contributed by atoms with Crippen LogP contribution in [0.3, 0.4) is 0 Å². The van der Waals surface area contributed by atoms with E-state index in [2.05, 4.69) is 18.9 Å². The molecule has 1 aliphatic rings. The Morgan fingerprint density at radius 3 is 2.37 bits per heavy atom. The monoisotopic (exact) mass is 266 g/mol. The molecular weight excluding hydrogens is 240 g/mol. The smallest absolute Gasteiger partial charge is 0.162 e. The van der Waals surface area contributed by atoms with Gasteiger partial charge in [-0.05, 0) is 43.4 Å². The highest BCUT2D eigenvalue weighted by atomic mass is 16.5. The molecule has 0 aromatic carbocycles. The number of aryl methyl sites for hydroxylation is 1. The average molecular weight is 266 g/mol. The molecule has 4 heteroatoms. The molecule has 0 radical (unpaired) electrons. The number of aromatic nitrogens is 2. The third-order valence-electron chi connectivity index (χ3n) is 4.66. The summed E-state index contributed by atoms with van der Waals surface area (Å²) in [6, 6.07) is 0. The van der Waals surface area contributed by atoms with Gasteiger partial charge >= 0.3 is 0 Å². The zero-order valence-corrected chi connectivity index (χ0v) is 12.5. The van der Waals surface area contributed by atoms with Crippen LogP contribution >= 0.6 is 0 Å². The number of rotatable bonds is 4. The minimum atomic E-state index is -0.462. The van der Waals surface area contributed by atoms with Crippen molar-refractivity contribution in [2.75, 3.05) is 7.11 Å². The van der Waals surface area contributed by atoms with Crippen LogP contribution in [0.15, 0.2) is 6.20 Å². The number of methoxy groups -OCH3 is 1. The maximum atomic E-state index is 10.6. The van der Waals surface area contributed by atoms with E-state index in [0.717, 1.165) is 30.4 Å². The number of hydrogen-bond donors (Lipinski definition) is 1. The summed E-state index contributed by atoms with van der Waals surface area (Å²) < 4.78 is 7.03. The molecule has 1 aliphatic carbocycles. The van der Waals surface area contributed by atoms with Crippen LogP contribution in [-0.2, 0) is 7.05 Å². The molecule has 108 valence electrons. The fourth-order valence-electron chi connectivity index (χ4n) is 3.27. The van der Waals surface area contributed by atoms with Gasteiger partial charge in [-0.3, -0.25) is 4.68 Å². The molecule has 4 nitrogen and oxygen atoms in total. The Kier molecular flexibility index (Phi) is 4.50. The first kappa shape index (κ1) is 14.4. The summed E-state index contributed by atoms with van der Waals surface area (Å²) in [5, 5.41) is 14.8. The van der Waals surface area contributed by atoms with E-state index in [1.54, 1.807) is 18.0 Å². The Hall–Kier alpha value is -1.03. The van der Waals surface area contributed by atoms with Crippen LogP contribution in [-0.4, -0.2) is 22.0 Å². The highest BCUT2D eigenvalue weighted by Gasteiger charge is 2.31. The number of ether oxygens (including phenoxy) is 1. The van der Waals surface area contributed by atoms with Crippen LogP contribution in [0.5, 0.6) is 5.75 Å². The standard InChI is InChI=1S/C15H26N2O2/c1-10(2)11-5-7-12(8-6-11)15(18)14-13(19-4)9-16-17(14)3/h9-12,15,18H,5-8H2,1-4H3. The normalized spacial score (nSPS) is 25.6. The lowest BCUT2D eigenvalue weighted by Crippen LogP contribution is -2.24. The van der Waals surface area contributed by atoms with Crippen LogP contribution in [0.25, 0.3) is 0 Å². The van der Waals surface area contributed by atoms with Crippen LogP contribution in [0.1, 0.15) is 51.3 Å². The van der Waals surface area contributed by atoms with Gasteiger partial charge in [0.25, 0.3) is 0 Å². The largest absolute Gasteiger partial charge is 0.493 e. The Bertz CT molecular complexity index is 406. The van der Waals surface area contributed by atoms with Crippen LogP contribution in [0, 0.1) is 17.8 Å².